The number of nitrogens with zero attached hydrogens (tertiary/aromatic N) is 1. The molecule has 0 saturated heterocycles. The highest BCUT2D eigenvalue weighted by Gasteiger charge is 2.33. The summed E-state index contributed by atoms with van der Waals surface area (Å²) in [7, 11) is -0.858. The van der Waals surface area contributed by atoms with Gasteiger partial charge in [-0.1, -0.05) is 107 Å². The third-order valence-electron chi connectivity index (χ3n) is 8.44. The first kappa shape index (κ1) is 28.4. The van der Waals surface area contributed by atoms with Gasteiger partial charge in [-0.2, -0.15) is 0 Å². The van der Waals surface area contributed by atoms with Crippen LogP contribution in [0.25, 0.3) is 21.5 Å². The minimum absolute atomic E-state index is 0.184. The SMILES string of the molecule is Cc1cc(C)cc(P(c2cc(C)cc(C)c2)N([C@H](C)c2ccc3ccccc3c2)[C@H](C)c2ccc3ccccc3c2)c1. The molecule has 0 N–H and O–H groups in total. The zero-order valence-corrected chi connectivity index (χ0v) is 26.5. The second kappa shape index (κ2) is 11.8. The summed E-state index contributed by atoms with van der Waals surface area (Å²) in [4.78, 5) is 0. The summed E-state index contributed by atoms with van der Waals surface area (Å²) >= 11 is 0. The van der Waals surface area contributed by atoms with Gasteiger partial charge < -0.3 is 0 Å². The van der Waals surface area contributed by atoms with Crippen molar-refractivity contribution >= 4 is 40.2 Å². The summed E-state index contributed by atoms with van der Waals surface area (Å²) in [5.41, 5.74) is 7.97. The van der Waals surface area contributed by atoms with Gasteiger partial charge in [0.2, 0.25) is 0 Å². The van der Waals surface area contributed by atoms with Crippen LogP contribution in [0.3, 0.4) is 0 Å². The standard InChI is InChI=1S/C40H40NP/c1-27-19-28(2)22-39(21-27)42(40-23-29(3)20-30(4)24-40)41(31(5)35-17-15-33-11-7-9-13-37(33)25-35)32(6)36-18-16-34-12-8-10-14-38(34)26-36/h7-26,31-32H,1-6H3/t31-,32-/m1/s1. The summed E-state index contributed by atoms with van der Waals surface area (Å²) in [5, 5.41) is 7.98. The molecule has 42 heavy (non-hydrogen) atoms. The molecule has 0 radical (unpaired) electrons. The van der Waals surface area contributed by atoms with Crippen LogP contribution in [0.2, 0.25) is 0 Å². The van der Waals surface area contributed by atoms with Gasteiger partial charge in [0.1, 0.15) is 0 Å². The average Bonchev–Trinajstić information content (AvgIpc) is 2.97. The van der Waals surface area contributed by atoms with Gasteiger partial charge in [-0.3, -0.25) is 4.67 Å². The predicted molar refractivity (Wildman–Crippen MR) is 185 cm³/mol. The third-order valence-corrected chi connectivity index (χ3v) is 11.1. The molecule has 0 bridgehead atoms. The van der Waals surface area contributed by atoms with E-state index in [0.29, 0.717) is 0 Å². The van der Waals surface area contributed by atoms with Crippen molar-refractivity contribution in [1.29, 1.82) is 0 Å². The Bertz CT molecular complexity index is 1710. The smallest absolute Gasteiger partial charge is 0.0369 e. The minimum Gasteiger partial charge on any atom is -0.261 e. The van der Waals surface area contributed by atoms with Crippen LogP contribution in [0.1, 0.15) is 59.3 Å². The van der Waals surface area contributed by atoms with E-state index in [1.165, 1.54) is 65.5 Å². The molecule has 0 aliphatic carbocycles. The maximum Gasteiger partial charge on any atom is 0.0369 e. The van der Waals surface area contributed by atoms with Gasteiger partial charge in [-0.15, -0.1) is 0 Å². The Kier molecular flexibility index (Phi) is 8.00. The molecule has 0 fully saturated rings. The van der Waals surface area contributed by atoms with E-state index < -0.39 is 8.07 Å². The largest absolute Gasteiger partial charge is 0.261 e. The van der Waals surface area contributed by atoms with Crippen molar-refractivity contribution in [1.82, 2.24) is 4.67 Å². The first-order valence-corrected chi connectivity index (χ1v) is 16.3. The van der Waals surface area contributed by atoms with Gasteiger partial charge in [0.05, 0.1) is 0 Å². The fraction of sp³-hybridized carbons (Fsp3) is 0.200. The Morgan fingerprint density at radius 3 is 1.17 bits per heavy atom. The normalized spacial score (nSPS) is 13.2. The highest BCUT2D eigenvalue weighted by molar-refractivity contribution is 7.70. The Labute approximate surface area is 252 Å². The van der Waals surface area contributed by atoms with Gasteiger partial charge in [0.25, 0.3) is 0 Å². The highest BCUT2D eigenvalue weighted by Crippen LogP contribution is 2.51. The molecular weight excluding hydrogens is 525 g/mol. The molecule has 2 heteroatoms. The molecule has 0 aromatic heterocycles. The van der Waals surface area contributed by atoms with E-state index in [-0.39, 0.29) is 12.1 Å². The van der Waals surface area contributed by atoms with Gasteiger partial charge in [-0.05, 0) is 121 Å². The molecule has 6 aromatic carbocycles. The molecule has 1 nitrogen and oxygen atoms in total. The molecule has 210 valence electrons. The van der Waals surface area contributed by atoms with Crippen LogP contribution in [0.4, 0.5) is 0 Å². The molecule has 0 aliphatic rings. The monoisotopic (exact) mass is 565 g/mol. The van der Waals surface area contributed by atoms with Crippen molar-refractivity contribution in [2.45, 2.75) is 53.6 Å². The number of rotatable bonds is 7. The van der Waals surface area contributed by atoms with Crippen molar-refractivity contribution in [3.05, 3.63) is 155 Å². The van der Waals surface area contributed by atoms with Crippen molar-refractivity contribution in [2.75, 3.05) is 0 Å². The number of hydrogen-bond acceptors (Lipinski definition) is 1. The molecule has 0 heterocycles. The zero-order valence-electron chi connectivity index (χ0n) is 25.6. The molecular formula is C40H40NP. The lowest BCUT2D eigenvalue weighted by molar-refractivity contribution is 0.303. The van der Waals surface area contributed by atoms with Crippen LogP contribution >= 0.6 is 8.07 Å². The number of fused-ring (bicyclic) bond motifs is 2. The lowest BCUT2D eigenvalue weighted by atomic mass is 9.99. The quantitative estimate of drug-likeness (QED) is 0.174. The van der Waals surface area contributed by atoms with Crippen LogP contribution in [0.5, 0.6) is 0 Å². The Morgan fingerprint density at radius 2 is 0.786 bits per heavy atom. The molecule has 6 rings (SSSR count). The van der Waals surface area contributed by atoms with E-state index in [2.05, 4.69) is 168 Å². The molecule has 6 aromatic rings. The summed E-state index contributed by atoms with van der Waals surface area (Å²) < 4.78 is 2.81. The fourth-order valence-corrected chi connectivity index (χ4v) is 9.58. The lowest BCUT2D eigenvalue weighted by Gasteiger charge is -2.42. The first-order chi connectivity index (χ1) is 20.3. The molecule has 0 saturated carbocycles. The van der Waals surface area contributed by atoms with Gasteiger partial charge in [0.15, 0.2) is 0 Å². The van der Waals surface area contributed by atoms with Gasteiger partial charge in [0, 0.05) is 20.2 Å². The zero-order chi connectivity index (χ0) is 29.4. The third kappa shape index (κ3) is 5.78. The number of aryl methyl sites for hydroxylation is 4. The van der Waals surface area contributed by atoms with Crippen molar-refractivity contribution < 1.29 is 0 Å². The van der Waals surface area contributed by atoms with Gasteiger partial charge in [-0.25, -0.2) is 0 Å². The highest BCUT2D eigenvalue weighted by atomic mass is 31.1. The van der Waals surface area contributed by atoms with E-state index in [9.17, 15) is 0 Å². The number of benzene rings is 6. The molecule has 2 atom stereocenters. The molecule has 0 spiro atoms. The molecule has 0 amide bonds. The minimum atomic E-state index is -0.858. The van der Waals surface area contributed by atoms with Crippen LogP contribution in [-0.4, -0.2) is 4.67 Å². The summed E-state index contributed by atoms with van der Waals surface area (Å²) in [6, 6.07) is 46.1. The number of hydrogen-bond donors (Lipinski definition) is 0. The average molecular weight is 566 g/mol. The van der Waals surface area contributed by atoms with E-state index in [1.54, 1.807) is 0 Å². The van der Waals surface area contributed by atoms with E-state index in [0.717, 1.165) is 0 Å². The summed E-state index contributed by atoms with van der Waals surface area (Å²) in [6.45, 7) is 13.7. The van der Waals surface area contributed by atoms with Crippen molar-refractivity contribution in [2.24, 2.45) is 0 Å². The summed E-state index contributed by atoms with van der Waals surface area (Å²) in [6.07, 6.45) is 0. The second-order valence-electron chi connectivity index (χ2n) is 11.9. The Balaban J connectivity index is 1.58. The maximum absolute atomic E-state index is 2.81. The Morgan fingerprint density at radius 1 is 0.429 bits per heavy atom. The second-order valence-corrected chi connectivity index (χ2v) is 14.1. The Hall–Kier alpha value is -3.77. The fourth-order valence-electron chi connectivity index (χ4n) is 6.48. The molecule has 0 unspecified atom stereocenters. The van der Waals surface area contributed by atoms with Crippen LogP contribution in [-0.2, 0) is 0 Å². The van der Waals surface area contributed by atoms with Crippen molar-refractivity contribution in [3.8, 4) is 0 Å². The van der Waals surface area contributed by atoms with E-state index >= 15 is 0 Å². The van der Waals surface area contributed by atoms with Crippen LogP contribution in [0.15, 0.2) is 121 Å². The first-order valence-electron chi connectivity index (χ1n) is 15.0. The summed E-state index contributed by atoms with van der Waals surface area (Å²) in [5.74, 6) is 0. The molecule has 0 aliphatic heterocycles. The lowest BCUT2D eigenvalue weighted by Crippen LogP contribution is -2.33. The predicted octanol–water partition coefficient (Wildman–Crippen LogP) is 10.4. The van der Waals surface area contributed by atoms with Crippen molar-refractivity contribution in [3.63, 3.8) is 0 Å². The van der Waals surface area contributed by atoms with Crippen LogP contribution in [0, 0.1) is 27.7 Å². The topological polar surface area (TPSA) is 3.24 Å². The van der Waals surface area contributed by atoms with E-state index in [4.69, 9.17) is 0 Å². The maximum atomic E-state index is 2.81. The van der Waals surface area contributed by atoms with E-state index in [1.807, 2.05) is 0 Å². The van der Waals surface area contributed by atoms with Gasteiger partial charge >= 0.3 is 0 Å². The van der Waals surface area contributed by atoms with Crippen LogP contribution < -0.4 is 10.6 Å².